The van der Waals surface area contributed by atoms with Crippen LogP contribution in [0.25, 0.3) is 0 Å². The molecule has 1 aromatic rings. The maximum atomic E-state index is 12.4. The Labute approximate surface area is 138 Å². The van der Waals surface area contributed by atoms with Crippen LogP contribution in [0.5, 0.6) is 5.75 Å². The molecule has 0 radical (unpaired) electrons. The van der Waals surface area contributed by atoms with Gasteiger partial charge in [-0.15, -0.1) is 0 Å². The highest BCUT2D eigenvalue weighted by atomic mass is 32.2. The quantitative estimate of drug-likeness (QED) is 0.785. The molecule has 6 nitrogen and oxygen atoms in total. The monoisotopic (exact) mass is 342 g/mol. The van der Waals surface area contributed by atoms with Crippen molar-refractivity contribution in [2.24, 2.45) is 0 Å². The van der Waals surface area contributed by atoms with Crippen molar-refractivity contribution in [3.8, 4) is 5.75 Å². The summed E-state index contributed by atoms with van der Waals surface area (Å²) < 4.78 is 30.5. The molecule has 0 aliphatic heterocycles. The average Bonchev–Trinajstić information content (AvgIpc) is 2.46. The first-order valence-corrected chi connectivity index (χ1v) is 9.49. The molecule has 0 spiro atoms. The Morgan fingerprint density at radius 1 is 1.26 bits per heavy atom. The fourth-order valence-electron chi connectivity index (χ4n) is 2.41. The van der Waals surface area contributed by atoms with Crippen molar-refractivity contribution in [1.29, 1.82) is 0 Å². The fourth-order valence-corrected chi connectivity index (χ4v) is 3.58. The van der Waals surface area contributed by atoms with Crippen LogP contribution in [0.2, 0.25) is 0 Å². The highest BCUT2D eigenvalue weighted by Crippen LogP contribution is 2.23. The van der Waals surface area contributed by atoms with Gasteiger partial charge in [0.25, 0.3) is 0 Å². The van der Waals surface area contributed by atoms with Crippen LogP contribution < -0.4 is 14.4 Å². The summed E-state index contributed by atoms with van der Waals surface area (Å²) in [6, 6.07) is 5.75. The first-order chi connectivity index (χ1) is 10.7. The Kier molecular flexibility index (Phi) is 6.87. The Hall–Kier alpha value is -1.76. The smallest absolute Gasteiger partial charge is 0.243 e. The Morgan fingerprint density at radius 2 is 1.83 bits per heavy atom. The highest BCUT2D eigenvalue weighted by molar-refractivity contribution is 7.92. The lowest BCUT2D eigenvalue weighted by molar-refractivity contribution is -0.122. The standard InChI is InChI=1S/C16H26N2O4S/c1-6-7-12(2)17-16(19)13(3)18(23(5,20)21)14-8-10-15(22-4)11-9-14/h8-13H,6-7H2,1-5H3,(H,17,19)/t12-,13+/m0/s1. The molecule has 7 heteroatoms. The normalized spacial score (nSPS) is 14.0. The van der Waals surface area contributed by atoms with Gasteiger partial charge < -0.3 is 10.1 Å². The van der Waals surface area contributed by atoms with E-state index in [-0.39, 0.29) is 11.9 Å². The highest BCUT2D eigenvalue weighted by Gasteiger charge is 2.29. The number of hydrogen-bond acceptors (Lipinski definition) is 4. The Balaban J connectivity index is 3.04. The van der Waals surface area contributed by atoms with E-state index in [9.17, 15) is 13.2 Å². The van der Waals surface area contributed by atoms with Crippen LogP contribution in [-0.2, 0) is 14.8 Å². The van der Waals surface area contributed by atoms with Crippen molar-refractivity contribution < 1.29 is 17.9 Å². The molecule has 0 aromatic heterocycles. The molecule has 0 heterocycles. The number of methoxy groups -OCH3 is 1. The molecule has 1 N–H and O–H groups in total. The number of carbonyl (C=O) groups excluding carboxylic acids is 1. The third-order valence-electron chi connectivity index (χ3n) is 3.53. The Bertz CT molecular complexity index is 613. The van der Waals surface area contributed by atoms with Crippen LogP contribution in [0.3, 0.4) is 0 Å². The minimum Gasteiger partial charge on any atom is -0.497 e. The van der Waals surface area contributed by atoms with Crippen molar-refractivity contribution in [3.63, 3.8) is 0 Å². The van der Waals surface area contributed by atoms with Crippen LogP contribution in [0.15, 0.2) is 24.3 Å². The van der Waals surface area contributed by atoms with Crippen molar-refractivity contribution in [1.82, 2.24) is 5.32 Å². The van der Waals surface area contributed by atoms with Crippen molar-refractivity contribution in [3.05, 3.63) is 24.3 Å². The van der Waals surface area contributed by atoms with Gasteiger partial charge in [0.05, 0.1) is 19.1 Å². The molecule has 0 saturated heterocycles. The number of carbonyl (C=O) groups is 1. The predicted octanol–water partition coefficient (Wildman–Crippen LogP) is 2.15. The zero-order chi connectivity index (χ0) is 17.6. The van der Waals surface area contributed by atoms with Crippen LogP contribution in [0, 0.1) is 0 Å². The molecular formula is C16H26N2O4S. The summed E-state index contributed by atoms with van der Waals surface area (Å²) in [6.07, 6.45) is 2.89. The second-order valence-corrected chi connectivity index (χ2v) is 7.49. The summed E-state index contributed by atoms with van der Waals surface area (Å²) in [7, 11) is -2.06. The minimum atomic E-state index is -3.60. The van der Waals surface area contributed by atoms with Gasteiger partial charge >= 0.3 is 0 Å². The van der Waals surface area contributed by atoms with E-state index >= 15 is 0 Å². The predicted molar refractivity (Wildman–Crippen MR) is 92.3 cm³/mol. The summed E-state index contributed by atoms with van der Waals surface area (Å²) >= 11 is 0. The second kappa shape index (κ2) is 8.19. The van der Waals surface area contributed by atoms with Gasteiger partial charge in [-0.1, -0.05) is 13.3 Å². The molecule has 0 bridgehead atoms. The number of hydrogen-bond donors (Lipinski definition) is 1. The molecule has 0 saturated carbocycles. The van der Waals surface area contributed by atoms with Gasteiger partial charge in [-0.05, 0) is 44.5 Å². The summed E-state index contributed by atoms with van der Waals surface area (Å²) in [5, 5.41) is 2.86. The van der Waals surface area contributed by atoms with Crippen LogP contribution in [0.4, 0.5) is 5.69 Å². The summed E-state index contributed by atoms with van der Waals surface area (Å²) in [5.74, 6) is 0.308. The largest absolute Gasteiger partial charge is 0.497 e. The van der Waals surface area contributed by atoms with Crippen LogP contribution in [-0.4, -0.2) is 39.8 Å². The van der Waals surface area contributed by atoms with Crippen molar-refractivity contribution in [2.45, 2.75) is 45.7 Å². The van der Waals surface area contributed by atoms with Crippen molar-refractivity contribution >= 4 is 21.6 Å². The van der Waals surface area contributed by atoms with Gasteiger partial charge in [-0.25, -0.2) is 8.42 Å². The second-order valence-electron chi connectivity index (χ2n) is 5.63. The number of benzene rings is 1. The number of ether oxygens (including phenoxy) is 1. The van der Waals surface area contributed by atoms with Gasteiger partial charge in [0, 0.05) is 6.04 Å². The van der Waals surface area contributed by atoms with Crippen LogP contribution >= 0.6 is 0 Å². The zero-order valence-corrected chi connectivity index (χ0v) is 15.2. The van der Waals surface area contributed by atoms with E-state index in [4.69, 9.17) is 4.74 Å². The Morgan fingerprint density at radius 3 is 2.26 bits per heavy atom. The summed E-state index contributed by atoms with van der Waals surface area (Å²) in [4.78, 5) is 12.4. The van der Waals surface area contributed by atoms with Crippen molar-refractivity contribution in [2.75, 3.05) is 17.7 Å². The first-order valence-electron chi connectivity index (χ1n) is 7.64. The zero-order valence-electron chi connectivity index (χ0n) is 14.4. The number of anilines is 1. The number of nitrogens with zero attached hydrogens (tertiary/aromatic N) is 1. The van der Waals surface area contributed by atoms with Gasteiger partial charge in [0.15, 0.2) is 0 Å². The SMILES string of the molecule is CCC[C@H](C)NC(=O)[C@@H](C)N(c1ccc(OC)cc1)S(C)(=O)=O. The van der Waals surface area contributed by atoms with E-state index in [1.807, 2.05) is 13.8 Å². The molecule has 130 valence electrons. The lowest BCUT2D eigenvalue weighted by atomic mass is 10.2. The number of sulfonamides is 1. The number of rotatable bonds is 8. The summed E-state index contributed by atoms with van der Waals surface area (Å²) in [6.45, 7) is 5.53. The fraction of sp³-hybridized carbons (Fsp3) is 0.562. The third kappa shape index (κ3) is 5.42. The molecule has 0 aliphatic carbocycles. The van der Waals surface area contributed by atoms with Crippen LogP contribution in [0.1, 0.15) is 33.6 Å². The number of amides is 1. The molecule has 1 rings (SSSR count). The van der Waals surface area contributed by atoms with E-state index < -0.39 is 16.1 Å². The average molecular weight is 342 g/mol. The topological polar surface area (TPSA) is 75.7 Å². The molecule has 0 unspecified atom stereocenters. The van der Waals surface area contributed by atoms with Gasteiger partial charge in [-0.2, -0.15) is 0 Å². The first kappa shape index (κ1) is 19.3. The van der Waals surface area contributed by atoms with Gasteiger partial charge in [0.1, 0.15) is 11.8 Å². The molecular weight excluding hydrogens is 316 g/mol. The summed E-state index contributed by atoms with van der Waals surface area (Å²) in [5.41, 5.74) is 0.430. The van der Waals surface area contributed by atoms with Gasteiger partial charge in [0.2, 0.25) is 15.9 Å². The molecule has 1 amide bonds. The van der Waals surface area contributed by atoms with E-state index in [1.165, 1.54) is 7.11 Å². The van der Waals surface area contributed by atoms with E-state index in [1.54, 1.807) is 31.2 Å². The molecule has 23 heavy (non-hydrogen) atoms. The minimum absolute atomic E-state index is 0.00669. The maximum Gasteiger partial charge on any atom is 0.243 e. The molecule has 0 fully saturated rings. The maximum absolute atomic E-state index is 12.4. The lowest BCUT2D eigenvalue weighted by Gasteiger charge is -2.29. The lowest BCUT2D eigenvalue weighted by Crippen LogP contribution is -2.49. The number of nitrogens with one attached hydrogen (secondary N) is 1. The van der Waals surface area contributed by atoms with Gasteiger partial charge in [-0.3, -0.25) is 9.10 Å². The van der Waals surface area contributed by atoms with E-state index in [0.29, 0.717) is 11.4 Å². The molecule has 1 aromatic carbocycles. The van der Waals surface area contributed by atoms with E-state index in [2.05, 4.69) is 5.32 Å². The molecule has 2 atom stereocenters. The third-order valence-corrected chi connectivity index (χ3v) is 4.77. The van der Waals surface area contributed by atoms with E-state index in [0.717, 1.165) is 23.4 Å². The molecule has 0 aliphatic rings.